The summed E-state index contributed by atoms with van der Waals surface area (Å²) in [5.74, 6) is 0.300. The molecule has 0 radical (unpaired) electrons. The van der Waals surface area contributed by atoms with E-state index in [1.54, 1.807) is 23.5 Å². The predicted molar refractivity (Wildman–Crippen MR) is 109 cm³/mol. The van der Waals surface area contributed by atoms with Crippen molar-refractivity contribution < 1.29 is 13.9 Å². The molecule has 4 nitrogen and oxygen atoms in total. The van der Waals surface area contributed by atoms with E-state index >= 15 is 0 Å². The molecule has 0 spiro atoms. The number of thiophene rings is 1. The summed E-state index contributed by atoms with van der Waals surface area (Å²) < 4.78 is 22.1. The fraction of sp³-hybridized carbons (Fsp3) is 0.136. The van der Waals surface area contributed by atoms with Gasteiger partial charge in [-0.3, -0.25) is 4.79 Å². The summed E-state index contributed by atoms with van der Waals surface area (Å²) in [5, 5.41) is 4.89. The quantitative estimate of drug-likeness (QED) is 0.487. The highest BCUT2D eigenvalue weighted by Gasteiger charge is 2.16. The molecular formula is C22H19FN2O2S. The van der Waals surface area contributed by atoms with Crippen molar-refractivity contribution in [1.29, 1.82) is 0 Å². The van der Waals surface area contributed by atoms with Crippen molar-refractivity contribution in [2.45, 2.75) is 13.1 Å². The summed E-state index contributed by atoms with van der Waals surface area (Å²) in [6.07, 6.45) is 0. The van der Waals surface area contributed by atoms with E-state index in [0.717, 1.165) is 21.5 Å². The SMILES string of the molecule is O=C(NCc1cccc(F)c1)c1cc2sccc2n1CCOc1ccccc1. The first kappa shape index (κ1) is 18.3. The Labute approximate surface area is 166 Å². The van der Waals surface area contributed by atoms with Crippen LogP contribution in [0.1, 0.15) is 16.1 Å². The fourth-order valence-corrected chi connectivity index (χ4v) is 3.92. The summed E-state index contributed by atoms with van der Waals surface area (Å²) in [5.41, 5.74) is 2.31. The number of ether oxygens (including phenoxy) is 1. The molecule has 0 aliphatic heterocycles. The van der Waals surface area contributed by atoms with Crippen LogP contribution in [0.15, 0.2) is 72.1 Å². The number of hydrogen-bond donors (Lipinski definition) is 1. The van der Waals surface area contributed by atoms with E-state index in [9.17, 15) is 9.18 Å². The molecule has 0 atom stereocenters. The summed E-state index contributed by atoms with van der Waals surface area (Å²) in [6.45, 7) is 1.28. The zero-order valence-corrected chi connectivity index (χ0v) is 15.9. The van der Waals surface area contributed by atoms with E-state index in [1.807, 2.05) is 52.4 Å². The Morgan fingerprint density at radius 2 is 1.93 bits per heavy atom. The van der Waals surface area contributed by atoms with Crippen molar-refractivity contribution in [3.63, 3.8) is 0 Å². The van der Waals surface area contributed by atoms with Gasteiger partial charge in [0.25, 0.3) is 5.91 Å². The Morgan fingerprint density at radius 3 is 2.75 bits per heavy atom. The monoisotopic (exact) mass is 394 g/mol. The van der Waals surface area contributed by atoms with Gasteiger partial charge < -0.3 is 14.6 Å². The lowest BCUT2D eigenvalue weighted by Crippen LogP contribution is -2.26. The number of para-hydroxylation sites is 1. The van der Waals surface area contributed by atoms with Gasteiger partial charge in [-0.25, -0.2) is 4.39 Å². The molecule has 1 amide bonds. The van der Waals surface area contributed by atoms with E-state index in [1.165, 1.54) is 12.1 Å². The van der Waals surface area contributed by atoms with Gasteiger partial charge in [0.15, 0.2) is 0 Å². The van der Waals surface area contributed by atoms with Crippen molar-refractivity contribution in [2.75, 3.05) is 6.61 Å². The Kier molecular flexibility index (Phi) is 5.39. The Hall–Kier alpha value is -3.12. The van der Waals surface area contributed by atoms with Gasteiger partial charge in [0.2, 0.25) is 0 Å². The molecule has 0 aliphatic carbocycles. The molecule has 142 valence electrons. The molecule has 2 heterocycles. The third kappa shape index (κ3) is 4.07. The van der Waals surface area contributed by atoms with Crippen LogP contribution in [0, 0.1) is 5.82 Å². The van der Waals surface area contributed by atoms with Crippen LogP contribution in [-0.2, 0) is 13.1 Å². The molecule has 0 saturated heterocycles. The van der Waals surface area contributed by atoms with Crippen LogP contribution >= 0.6 is 11.3 Å². The fourth-order valence-electron chi connectivity index (χ4n) is 3.10. The lowest BCUT2D eigenvalue weighted by atomic mass is 10.2. The van der Waals surface area contributed by atoms with Crippen molar-refractivity contribution in [1.82, 2.24) is 9.88 Å². The first-order valence-corrected chi connectivity index (χ1v) is 9.86. The average molecular weight is 394 g/mol. The van der Waals surface area contributed by atoms with Gasteiger partial charge in [-0.05, 0) is 47.3 Å². The van der Waals surface area contributed by atoms with E-state index in [0.29, 0.717) is 18.8 Å². The number of fused-ring (bicyclic) bond motifs is 1. The van der Waals surface area contributed by atoms with Gasteiger partial charge in [-0.1, -0.05) is 30.3 Å². The minimum Gasteiger partial charge on any atom is -0.492 e. The van der Waals surface area contributed by atoms with Crippen LogP contribution in [0.4, 0.5) is 4.39 Å². The van der Waals surface area contributed by atoms with Crippen LogP contribution < -0.4 is 10.1 Å². The molecule has 2 aromatic carbocycles. The number of rotatable bonds is 7. The van der Waals surface area contributed by atoms with Gasteiger partial charge in [0.1, 0.15) is 23.9 Å². The second-order valence-electron chi connectivity index (χ2n) is 6.33. The van der Waals surface area contributed by atoms with Gasteiger partial charge in [-0.2, -0.15) is 0 Å². The molecule has 28 heavy (non-hydrogen) atoms. The lowest BCUT2D eigenvalue weighted by Gasteiger charge is -2.12. The van der Waals surface area contributed by atoms with Crippen LogP contribution in [0.2, 0.25) is 0 Å². The van der Waals surface area contributed by atoms with Crippen LogP contribution in [0.25, 0.3) is 10.2 Å². The van der Waals surface area contributed by atoms with Gasteiger partial charge in [-0.15, -0.1) is 11.3 Å². The summed E-state index contributed by atoms with van der Waals surface area (Å²) >= 11 is 1.59. The molecular weight excluding hydrogens is 375 g/mol. The number of nitrogens with zero attached hydrogens (tertiary/aromatic N) is 1. The van der Waals surface area contributed by atoms with Crippen molar-refractivity contribution in [3.8, 4) is 5.75 Å². The third-order valence-corrected chi connectivity index (χ3v) is 5.28. The minimum absolute atomic E-state index is 0.188. The number of carbonyl (C=O) groups excluding carboxylic acids is 1. The predicted octanol–water partition coefficient (Wildman–Crippen LogP) is 4.85. The summed E-state index contributed by atoms with van der Waals surface area (Å²) in [4.78, 5) is 12.8. The molecule has 2 aromatic heterocycles. The second-order valence-corrected chi connectivity index (χ2v) is 7.27. The van der Waals surface area contributed by atoms with Gasteiger partial charge in [0, 0.05) is 6.54 Å². The zero-order valence-electron chi connectivity index (χ0n) is 15.1. The molecule has 0 bridgehead atoms. The molecule has 1 N–H and O–H groups in total. The van der Waals surface area contributed by atoms with E-state index in [4.69, 9.17) is 4.74 Å². The molecule has 6 heteroatoms. The third-order valence-electron chi connectivity index (χ3n) is 4.42. The van der Waals surface area contributed by atoms with E-state index in [2.05, 4.69) is 5.32 Å². The summed E-state index contributed by atoms with van der Waals surface area (Å²) in [7, 11) is 0. The van der Waals surface area contributed by atoms with Crippen LogP contribution in [0.5, 0.6) is 5.75 Å². The molecule has 4 rings (SSSR count). The van der Waals surface area contributed by atoms with Crippen LogP contribution in [-0.4, -0.2) is 17.1 Å². The first-order valence-electron chi connectivity index (χ1n) is 8.98. The normalized spacial score (nSPS) is 10.9. The summed E-state index contributed by atoms with van der Waals surface area (Å²) in [6, 6.07) is 19.7. The van der Waals surface area contributed by atoms with Crippen molar-refractivity contribution in [3.05, 3.63) is 89.2 Å². The van der Waals surface area contributed by atoms with E-state index in [-0.39, 0.29) is 18.3 Å². The minimum atomic E-state index is -0.311. The zero-order chi connectivity index (χ0) is 19.3. The molecule has 0 unspecified atom stereocenters. The average Bonchev–Trinajstić information content (AvgIpc) is 3.29. The molecule has 0 saturated carbocycles. The number of amides is 1. The lowest BCUT2D eigenvalue weighted by molar-refractivity contribution is 0.0941. The van der Waals surface area contributed by atoms with Crippen molar-refractivity contribution in [2.24, 2.45) is 0 Å². The Morgan fingerprint density at radius 1 is 1.07 bits per heavy atom. The molecule has 4 aromatic rings. The molecule has 0 fully saturated rings. The number of aromatic nitrogens is 1. The highest BCUT2D eigenvalue weighted by Crippen LogP contribution is 2.25. The maximum atomic E-state index is 13.3. The number of nitrogens with one attached hydrogen (secondary N) is 1. The molecule has 0 aliphatic rings. The number of halogens is 1. The number of benzene rings is 2. The Bertz CT molecular complexity index is 1090. The largest absolute Gasteiger partial charge is 0.492 e. The maximum absolute atomic E-state index is 13.3. The number of carbonyl (C=O) groups is 1. The van der Waals surface area contributed by atoms with Crippen LogP contribution in [0.3, 0.4) is 0 Å². The maximum Gasteiger partial charge on any atom is 0.268 e. The highest BCUT2D eigenvalue weighted by molar-refractivity contribution is 7.17. The van der Waals surface area contributed by atoms with E-state index < -0.39 is 0 Å². The van der Waals surface area contributed by atoms with Gasteiger partial charge >= 0.3 is 0 Å². The van der Waals surface area contributed by atoms with Gasteiger partial charge in [0.05, 0.1) is 16.8 Å². The smallest absolute Gasteiger partial charge is 0.268 e. The number of hydrogen-bond acceptors (Lipinski definition) is 3. The highest BCUT2D eigenvalue weighted by atomic mass is 32.1. The first-order chi connectivity index (χ1) is 13.7. The van der Waals surface area contributed by atoms with Crippen molar-refractivity contribution >= 4 is 27.5 Å². The standard InChI is InChI=1S/C22H19FN2O2S/c23-17-6-4-5-16(13-17)15-24-22(26)20-14-21-19(9-12-28-21)25(20)10-11-27-18-7-2-1-3-8-18/h1-9,12-14H,10-11,15H2,(H,24,26). The Balaban J connectivity index is 1.47. The second kappa shape index (κ2) is 8.27. The topological polar surface area (TPSA) is 43.3 Å².